The number of rotatable bonds is 4. The van der Waals surface area contributed by atoms with E-state index >= 15 is 0 Å². The lowest BCUT2D eigenvalue weighted by atomic mass is 9.95. The molecule has 3 aromatic rings. The summed E-state index contributed by atoms with van der Waals surface area (Å²) >= 11 is 3.48. The Morgan fingerprint density at radius 1 is 1.14 bits per heavy atom. The normalized spacial score (nSPS) is 14.9. The molecule has 4 rings (SSSR count). The number of aromatic nitrogens is 5. The van der Waals surface area contributed by atoms with Crippen molar-refractivity contribution in [1.29, 1.82) is 0 Å². The Bertz CT molecular complexity index is 951. The van der Waals surface area contributed by atoms with Gasteiger partial charge in [-0.05, 0) is 55.7 Å². The predicted octanol–water partition coefficient (Wildman–Crippen LogP) is 2.98. The van der Waals surface area contributed by atoms with Crippen LogP contribution in [0.25, 0.3) is 5.82 Å². The van der Waals surface area contributed by atoms with Crippen LogP contribution in [-0.4, -0.2) is 44.0 Å². The van der Waals surface area contributed by atoms with Crippen LogP contribution in [0.4, 0.5) is 11.5 Å². The number of hydrogen-bond donors (Lipinski definition) is 1. The molecule has 0 saturated carbocycles. The zero-order chi connectivity index (χ0) is 19.5. The van der Waals surface area contributed by atoms with Crippen LogP contribution >= 0.6 is 15.9 Å². The fourth-order valence-electron chi connectivity index (χ4n) is 3.27. The van der Waals surface area contributed by atoms with E-state index in [2.05, 4.69) is 46.4 Å². The summed E-state index contributed by atoms with van der Waals surface area (Å²) < 4.78 is 2.60. The Morgan fingerprint density at radius 2 is 1.89 bits per heavy atom. The first-order valence-electron chi connectivity index (χ1n) is 9.11. The van der Waals surface area contributed by atoms with Crippen molar-refractivity contribution in [3.8, 4) is 5.82 Å². The van der Waals surface area contributed by atoms with Crippen LogP contribution in [0, 0.1) is 12.8 Å². The number of hydrogen-bond acceptors (Lipinski definition) is 6. The summed E-state index contributed by atoms with van der Waals surface area (Å²) in [5, 5.41) is 15.6. The van der Waals surface area contributed by atoms with Gasteiger partial charge < -0.3 is 10.2 Å². The van der Waals surface area contributed by atoms with E-state index in [1.807, 2.05) is 37.3 Å². The predicted molar refractivity (Wildman–Crippen MR) is 109 cm³/mol. The Kier molecular flexibility index (Phi) is 5.34. The van der Waals surface area contributed by atoms with Crippen molar-refractivity contribution < 1.29 is 4.79 Å². The highest BCUT2D eigenvalue weighted by molar-refractivity contribution is 9.10. The molecule has 1 fully saturated rings. The van der Waals surface area contributed by atoms with Crippen molar-refractivity contribution in [1.82, 2.24) is 25.0 Å². The standard InChI is InChI=1S/C19H20BrN7O/c1-13-10-15(2-3-16(13)20)23-19(28)14-6-8-26(9-7-14)17-4-5-18(25-24-17)27-12-21-11-22-27/h2-5,10-12,14H,6-9H2,1H3,(H,23,28). The second-order valence-corrected chi connectivity index (χ2v) is 7.66. The van der Waals surface area contributed by atoms with Crippen molar-refractivity contribution >= 4 is 33.3 Å². The number of nitrogens with zero attached hydrogens (tertiary/aromatic N) is 6. The third-order valence-corrected chi connectivity index (χ3v) is 5.79. The molecule has 28 heavy (non-hydrogen) atoms. The summed E-state index contributed by atoms with van der Waals surface area (Å²) in [6.45, 7) is 3.55. The number of nitrogens with one attached hydrogen (secondary N) is 1. The summed E-state index contributed by atoms with van der Waals surface area (Å²) in [5.41, 5.74) is 1.93. The molecule has 1 aliphatic heterocycles. The zero-order valence-corrected chi connectivity index (χ0v) is 17.0. The van der Waals surface area contributed by atoms with Gasteiger partial charge in [-0.15, -0.1) is 10.2 Å². The maximum absolute atomic E-state index is 12.6. The molecule has 1 amide bonds. The number of piperidine rings is 1. The maximum atomic E-state index is 12.6. The SMILES string of the molecule is Cc1cc(NC(=O)C2CCN(c3ccc(-n4cncn4)nn3)CC2)ccc1Br. The summed E-state index contributed by atoms with van der Waals surface area (Å²) in [6, 6.07) is 9.63. The number of anilines is 2. The van der Waals surface area contributed by atoms with Gasteiger partial charge in [0.05, 0.1) is 0 Å². The Hall–Kier alpha value is -2.81. The maximum Gasteiger partial charge on any atom is 0.227 e. The van der Waals surface area contributed by atoms with Crippen LogP contribution in [0.2, 0.25) is 0 Å². The average molecular weight is 442 g/mol. The minimum atomic E-state index is 0.00239. The monoisotopic (exact) mass is 441 g/mol. The van der Waals surface area contributed by atoms with Gasteiger partial charge in [-0.25, -0.2) is 9.67 Å². The highest BCUT2D eigenvalue weighted by Gasteiger charge is 2.26. The highest BCUT2D eigenvalue weighted by Crippen LogP contribution is 2.24. The molecule has 3 heterocycles. The molecule has 2 aromatic heterocycles. The number of amides is 1. The number of carbonyl (C=O) groups is 1. The van der Waals surface area contributed by atoms with Crippen molar-refractivity contribution in [3.63, 3.8) is 0 Å². The minimum absolute atomic E-state index is 0.00239. The molecule has 0 bridgehead atoms. The smallest absolute Gasteiger partial charge is 0.227 e. The van der Waals surface area contributed by atoms with E-state index in [-0.39, 0.29) is 11.8 Å². The van der Waals surface area contributed by atoms with E-state index in [0.717, 1.165) is 47.5 Å². The fourth-order valence-corrected chi connectivity index (χ4v) is 3.52. The van der Waals surface area contributed by atoms with Crippen molar-refractivity contribution in [3.05, 3.63) is 53.0 Å². The lowest BCUT2D eigenvalue weighted by molar-refractivity contribution is -0.120. The largest absolute Gasteiger partial charge is 0.355 e. The van der Waals surface area contributed by atoms with Gasteiger partial charge in [0.2, 0.25) is 5.91 Å². The van der Waals surface area contributed by atoms with Crippen LogP contribution in [0.3, 0.4) is 0 Å². The van der Waals surface area contributed by atoms with Gasteiger partial charge in [0.1, 0.15) is 12.7 Å². The average Bonchev–Trinajstić information content (AvgIpc) is 3.26. The van der Waals surface area contributed by atoms with E-state index < -0.39 is 0 Å². The third-order valence-electron chi connectivity index (χ3n) is 4.91. The van der Waals surface area contributed by atoms with Gasteiger partial charge in [-0.3, -0.25) is 4.79 Å². The van der Waals surface area contributed by atoms with Gasteiger partial charge in [0.15, 0.2) is 11.6 Å². The fraction of sp³-hybridized carbons (Fsp3) is 0.316. The van der Waals surface area contributed by atoms with E-state index in [1.54, 1.807) is 11.0 Å². The minimum Gasteiger partial charge on any atom is -0.355 e. The molecule has 8 nitrogen and oxygen atoms in total. The summed E-state index contributed by atoms with van der Waals surface area (Å²) in [7, 11) is 0. The van der Waals surface area contributed by atoms with Gasteiger partial charge in [0.25, 0.3) is 0 Å². The topological polar surface area (TPSA) is 88.8 Å². The molecule has 9 heteroatoms. The van der Waals surface area contributed by atoms with Crippen molar-refractivity contribution in [2.45, 2.75) is 19.8 Å². The quantitative estimate of drug-likeness (QED) is 0.669. The van der Waals surface area contributed by atoms with E-state index in [0.29, 0.717) is 5.82 Å². The molecule has 1 aromatic carbocycles. The van der Waals surface area contributed by atoms with Gasteiger partial charge >= 0.3 is 0 Å². The molecule has 0 aliphatic carbocycles. The molecule has 1 saturated heterocycles. The van der Waals surface area contributed by atoms with Crippen LogP contribution in [-0.2, 0) is 4.79 Å². The molecule has 144 valence electrons. The Balaban J connectivity index is 1.33. The van der Waals surface area contributed by atoms with Crippen molar-refractivity contribution in [2.75, 3.05) is 23.3 Å². The number of halogens is 1. The molecule has 0 radical (unpaired) electrons. The summed E-state index contributed by atoms with van der Waals surface area (Å²) in [6.07, 6.45) is 4.61. The molecular weight excluding hydrogens is 422 g/mol. The first-order chi connectivity index (χ1) is 13.6. The third kappa shape index (κ3) is 4.04. The van der Waals surface area contributed by atoms with E-state index in [9.17, 15) is 4.79 Å². The molecule has 0 unspecified atom stereocenters. The zero-order valence-electron chi connectivity index (χ0n) is 15.4. The Morgan fingerprint density at radius 3 is 2.54 bits per heavy atom. The molecule has 1 N–H and O–H groups in total. The molecule has 0 spiro atoms. The summed E-state index contributed by atoms with van der Waals surface area (Å²) in [5.74, 6) is 1.52. The van der Waals surface area contributed by atoms with Gasteiger partial charge in [-0.1, -0.05) is 15.9 Å². The van der Waals surface area contributed by atoms with Crippen LogP contribution in [0.1, 0.15) is 18.4 Å². The first-order valence-corrected chi connectivity index (χ1v) is 9.90. The first kappa shape index (κ1) is 18.5. The second kappa shape index (κ2) is 8.05. The van der Waals surface area contributed by atoms with Crippen LogP contribution in [0.5, 0.6) is 0 Å². The number of benzene rings is 1. The Labute approximate surface area is 171 Å². The number of carbonyl (C=O) groups excluding carboxylic acids is 1. The summed E-state index contributed by atoms with van der Waals surface area (Å²) in [4.78, 5) is 18.7. The van der Waals surface area contributed by atoms with Crippen molar-refractivity contribution in [2.24, 2.45) is 5.92 Å². The van der Waals surface area contributed by atoms with Gasteiger partial charge in [-0.2, -0.15) is 5.10 Å². The molecule has 0 atom stereocenters. The van der Waals surface area contributed by atoms with E-state index in [1.165, 1.54) is 6.33 Å². The highest BCUT2D eigenvalue weighted by atomic mass is 79.9. The van der Waals surface area contributed by atoms with Gasteiger partial charge in [0, 0.05) is 29.2 Å². The van der Waals surface area contributed by atoms with Crippen LogP contribution < -0.4 is 10.2 Å². The molecule has 1 aliphatic rings. The van der Waals surface area contributed by atoms with E-state index in [4.69, 9.17) is 0 Å². The second-order valence-electron chi connectivity index (χ2n) is 6.80. The van der Waals surface area contributed by atoms with Crippen LogP contribution in [0.15, 0.2) is 47.5 Å². The molecular formula is C19H20BrN7O. The lowest BCUT2D eigenvalue weighted by Crippen LogP contribution is -2.38. The lowest BCUT2D eigenvalue weighted by Gasteiger charge is -2.31. The number of aryl methyl sites for hydroxylation is 1.